The lowest BCUT2D eigenvalue weighted by Gasteiger charge is -1.92. The van der Waals surface area contributed by atoms with Crippen LogP contribution in [0, 0.1) is 11.8 Å². The molecule has 0 atom stereocenters. The van der Waals surface area contributed by atoms with E-state index in [0.717, 1.165) is 11.3 Å². The fraction of sp³-hybridized carbons (Fsp3) is 0.0833. The molecule has 74 valence electrons. The van der Waals surface area contributed by atoms with Gasteiger partial charge in [-0.05, 0) is 30.3 Å². The summed E-state index contributed by atoms with van der Waals surface area (Å²) in [5.74, 6) is 6.08. The van der Waals surface area contributed by atoms with Gasteiger partial charge in [0.05, 0.1) is 0 Å². The zero-order valence-electron chi connectivity index (χ0n) is 8.22. The molecule has 0 unspecified atom stereocenters. The van der Waals surface area contributed by atoms with Crippen LogP contribution in [0.3, 0.4) is 0 Å². The van der Waals surface area contributed by atoms with Gasteiger partial charge in [0, 0.05) is 23.6 Å². The zero-order chi connectivity index (χ0) is 10.5. The molecule has 2 rings (SSSR count). The largest absolute Gasteiger partial charge is 0.399 e. The lowest BCUT2D eigenvalue weighted by atomic mass is 10.2. The Morgan fingerprint density at radius 3 is 2.73 bits per heavy atom. The number of anilines is 1. The van der Waals surface area contributed by atoms with E-state index in [0.29, 0.717) is 6.54 Å². The molecular formula is C12H11N3. The molecular weight excluding hydrogens is 186 g/mol. The quantitative estimate of drug-likeness (QED) is 0.556. The van der Waals surface area contributed by atoms with Crippen LogP contribution in [0.4, 0.5) is 5.69 Å². The van der Waals surface area contributed by atoms with Gasteiger partial charge < -0.3 is 5.73 Å². The third-order valence-electron chi connectivity index (χ3n) is 1.94. The summed E-state index contributed by atoms with van der Waals surface area (Å²) < 4.78 is 1.78. The Balaban J connectivity index is 2.03. The normalized spacial score (nSPS) is 9.33. The van der Waals surface area contributed by atoms with Crippen LogP contribution in [0.25, 0.3) is 0 Å². The highest BCUT2D eigenvalue weighted by Gasteiger charge is 1.86. The van der Waals surface area contributed by atoms with Gasteiger partial charge in [-0.15, -0.1) is 0 Å². The molecule has 2 aromatic rings. The molecule has 0 aliphatic rings. The third-order valence-corrected chi connectivity index (χ3v) is 1.94. The van der Waals surface area contributed by atoms with Gasteiger partial charge >= 0.3 is 0 Å². The predicted octanol–water partition coefficient (Wildman–Crippen LogP) is 1.52. The predicted molar refractivity (Wildman–Crippen MR) is 60.0 cm³/mol. The van der Waals surface area contributed by atoms with Crippen molar-refractivity contribution in [1.29, 1.82) is 0 Å². The number of nitrogen functional groups attached to an aromatic ring is 1. The van der Waals surface area contributed by atoms with E-state index in [9.17, 15) is 0 Å². The highest BCUT2D eigenvalue weighted by atomic mass is 15.3. The van der Waals surface area contributed by atoms with Crippen molar-refractivity contribution < 1.29 is 0 Å². The first kappa shape index (κ1) is 9.35. The van der Waals surface area contributed by atoms with Crippen molar-refractivity contribution in [2.75, 3.05) is 5.73 Å². The van der Waals surface area contributed by atoms with E-state index < -0.39 is 0 Å². The van der Waals surface area contributed by atoms with E-state index in [2.05, 4.69) is 16.9 Å². The van der Waals surface area contributed by atoms with Gasteiger partial charge in [0.15, 0.2) is 0 Å². The summed E-state index contributed by atoms with van der Waals surface area (Å²) in [4.78, 5) is 0. The van der Waals surface area contributed by atoms with Crippen LogP contribution in [0.5, 0.6) is 0 Å². The maximum Gasteiger partial charge on any atom is 0.102 e. The fourth-order valence-corrected chi connectivity index (χ4v) is 1.18. The van der Waals surface area contributed by atoms with E-state index in [1.165, 1.54) is 0 Å². The molecule has 0 spiro atoms. The molecule has 0 fully saturated rings. The van der Waals surface area contributed by atoms with E-state index in [1.54, 1.807) is 10.9 Å². The van der Waals surface area contributed by atoms with Crippen molar-refractivity contribution in [3.63, 3.8) is 0 Å². The summed E-state index contributed by atoms with van der Waals surface area (Å²) in [5, 5.41) is 4.06. The molecule has 0 saturated heterocycles. The van der Waals surface area contributed by atoms with Crippen LogP contribution in [-0.2, 0) is 6.54 Å². The summed E-state index contributed by atoms with van der Waals surface area (Å²) in [5.41, 5.74) is 7.30. The van der Waals surface area contributed by atoms with Gasteiger partial charge in [-0.3, -0.25) is 4.68 Å². The first-order valence-corrected chi connectivity index (χ1v) is 4.66. The molecule has 0 amide bonds. The molecule has 3 heteroatoms. The Kier molecular flexibility index (Phi) is 2.70. The summed E-state index contributed by atoms with van der Waals surface area (Å²) in [6, 6.07) is 9.39. The lowest BCUT2D eigenvalue weighted by molar-refractivity contribution is 0.715. The van der Waals surface area contributed by atoms with Crippen LogP contribution in [0.2, 0.25) is 0 Å². The van der Waals surface area contributed by atoms with E-state index in [1.807, 2.05) is 36.5 Å². The Morgan fingerprint density at radius 2 is 2.07 bits per heavy atom. The second kappa shape index (κ2) is 4.34. The number of hydrogen-bond donors (Lipinski definition) is 1. The molecule has 0 aliphatic carbocycles. The standard InChI is InChI=1S/C12H11N3/c13-12-6-4-11(5-7-12)3-1-9-15-10-2-8-14-15/h2,4-8,10H,9,13H2. The topological polar surface area (TPSA) is 43.8 Å². The van der Waals surface area contributed by atoms with Gasteiger partial charge in [0.1, 0.15) is 6.54 Å². The SMILES string of the molecule is Nc1ccc(C#CCn2cccn2)cc1. The van der Waals surface area contributed by atoms with Gasteiger partial charge in [-0.1, -0.05) is 11.8 Å². The zero-order valence-corrected chi connectivity index (χ0v) is 8.22. The molecule has 0 radical (unpaired) electrons. The van der Waals surface area contributed by atoms with E-state index in [-0.39, 0.29) is 0 Å². The van der Waals surface area contributed by atoms with Crippen LogP contribution < -0.4 is 5.73 Å². The Bertz CT molecular complexity index is 472. The summed E-state index contributed by atoms with van der Waals surface area (Å²) in [6.45, 7) is 0.609. The monoisotopic (exact) mass is 197 g/mol. The number of benzene rings is 1. The van der Waals surface area contributed by atoms with Crippen molar-refractivity contribution in [3.05, 3.63) is 48.3 Å². The van der Waals surface area contributed by atoms with Gasteiger partial charge in [-0.25, -0.2) is 0 Å². The minimum atomic E-state index is 0.609. The maximum absolute atomic E-state index is 5.57. The van der Waals surface area contributed by atoms with Crippen LogP contribution in [0.15, 0.2) is 42.7 Å². The second-order valence-electron chi connectivity index (χ2n) is 3.13. The minimum absolute atomic E-state index is 0.609. The number of rotatable bonds is 1. The Labute approximate surface area is 88.5 Å². The molecule has 15 heavy (non-hydrogen) atoms. The van der Waals surface area contributed by atoms with E-state index >= 15 is 0 Å². The number of nitrogens with two attached hydrogens (primary N) is 1. The van der Waals surface area contributed by atoms with Crippen molar-refractivity contribution >= 4 is 5.69 Å². The summed E-state index contributed by atoms with van der Waals surface area (Å²) >= 11 is 0. The highest BCUT2D eigenvalue weighted by molar-refractivity contribution is 5.44. The van der Waals surface area contributed by atoms with Crippen LogP contribution >= 0.6 is 0 Å². The fourth-order valence-electron chi connectivity index (χ4n) is 1.18. The minimum Gasteiger partial charge on any atom is -0.399 e. The summed E-state index contributed by atoms with van der Waals surface area (Å²) in [6.07, 6.45) is 3.63. The third kappa shape index (κ3) is 2.61. The van der Waals surface area contributed by atoms with Crippen molar-refractivity contribution in [3.8, 4) is 11.8 Å². The molecule has 0 bridgehead atoms. The maximum atomic E-state index is 5.57. The number of aromatic nitrogens is 2. The Hall–Kier alpha value is -2.21. The smallest absolute Gasteiger partial charge is 0.102 e. The molecule has 0 aliphatic heterocycles. The molecule has 2 N–H and O–H groups in total. The van der Waals surface area contributed by atoms with Crippen LogP contribution in [0.1, 0.15) is 5.56 Å². The first-order valence-electron chi connectivity index (χ1n) is 4.66. The average molecular weight is 197 g/mol. The number of hydrogen-bond acceptors (Lipinski definition) is 2. The molecule has 3 nitrogen and oxygen atoms in total. The highest BCUT2D eigenvalue weighted by Crippen LogP contribution is 2.03. The Morgan fingerprint density at radius 1 is 1.27 bits per heavy atom. The molecule has 0 saturated carbocycles. The van der Waals surface area contributed by atoms with Crippen molar-refractivity contribution in [2.45, 2.75) is 6.54 Å². The summed E-state index contributed by atoms with van der Waals surface area (Å²) in [7, 11) is 0. The van der Waals surface area contributed by atoms with Gasteiger partial charge in [-0.2, -0.15) is 5.10 Å². The van der Waals surface area contributed by atoms with Crippen LogP contribution in [-0.4, -0.2) is 9.78 Å². The average Bonchev–Trinajstić information content (AvgIpc) is 2.74. The van der Waals surface area contributed by atoms with E-state index in [4.69, 9.17) is 5.73 Å². The molecule has 1 heterocycles. The van der Waals surface area contributed by atoms with Crippen molar-refractivity contribution in [2.24, 2.45) is 0 Å². The molecule has 1 aromatic heterocycles. The number of nitrogens with zero attached hydrogens (tertiary/aromatic N) is 2. The second-order valence-corrected chi connectivity index (χ2v) is 3.13. The first-order chi connectivity index (χ1) is 7.34. The van der Waals surface area contributed by atoms with Gasteiger partial charge in [0.25, 0.3) is 0 Å². The van der Waals surface area contributed by atoms with Gasteiger partial charge in [0.2, 0.25) is 0 Å². The lowest BCUT2D eigenvalue weighted by Crippen LogP contribution is -1.94. The van der Waals surface area contributed by atoms with Crippen molar-refractivity contribution in [1.82, 2.24) is 9.78 Å². The molecule has 1 aromatic carbocycles.